The molecule has 1 aromatic carbocycles. The first-order valence-corrected chi connectivity index (χ1v) is 8.16. The Bertz CT molecular complexity index is 778. The van der Waals surface area contributed by atoms with Gasteiger partial charge in [-0.15, -0.1) is 0 Å². The van der Waals surface area contributed by atoms with Crippen LogP contribution in [0.4, 0.5) is 0 Å². The summed E-state index contributed by atoms with van der Waals surface area (Å²) in [5.74, 6) is -0.118. The average Bonchev–Trinajstić information content (AvgIpc) is 3.35. The van der Waals surface area contributed by atoms with Crippen molar-refractivity contribution in [2.75, 3.05) is 13.7 Å². The monoisotopic (exact) mass is 343 g/mol. The molecule has 7 nitrogen and oxygen atoms in total. The number of aromatic nitrogens is 2. The van der Waals surface area contributed by atoms with Gasteiger partial charge < -0.3 is 14.7 Å². The van der Waals surface area contributed by atoms with E-state index in [1.807, 2.05) is 19.2 Å². The van der Waals surface area contributed by atoms with E-state index in [-0.39, 0.29) is 12.5 Å². The molecule has 1 amide bonds. The molecule has 1 heterocycles. The molecule has 3 rings (SSSR count). The van der Waals surface area contributed by atoms with Gasteiger partial charge in [-0.25, -0.2) is 4.79 Å². The molecular formula is C18H21N3O4. The third kappa shape index (κ3) is 3.99. The number of nitrogens with zero attached hydrogens (tertiary/aromatic N) is 3. The quantitative estimate of drug-likeness (QED) is 0.831. The molecule has 1 aromatic heterocycles. The molecule has 1 fully saturated rings. The van der Waals surface area contributed by atoms with Gasteiger partial charge in [0.1, 0.15) is 5.75 Å². The summed E-state index contributed by atoms with van der Waals surface area (Å²) in [5.41, 5.74) is 2.64. The molecule has 0 bridgehead atoms. The van der Waals surface area contributed by atoms with Crippen LogP contribution >= 0.6 is 0 Å². The van der Waals surface area contributed by atoms with Crippen LogP contribution in [0.15, 0.2) is 30.5 Å². The molecule has 0 aliphatic heterocycles. The average molecular weight is 343 g/mol. The fourth-order valence-electron chi connectivity index (χ4n) is 2.84. The van der Waals surface area contributed by atoms with E-state index in [0.717, 1.165) is 24.1 Å². The lowest BCUT2D eigenvalue weighted by Gasteiger charge is -2.18. The standard InChI is InChI=1S/C18H21N3O4/c1-20(10-12-3-7-14(8-4-12)25-11-16(22)23)18(24)15-9-19-21(2)17(15)13-5-6-13/h3-4,7-9,13H,5-6,10-11H2,1-2H3,(H,22,23). The number of ether oxygens (including phenoxy) is 1. The molecule has 2 aromatic rings. The predicted octanol–water partition coefficient (Wildman–Crippen LogP) is 2.03. The lowest BCUT2D eigenvalue weighted by atomic mass is 10.1. The van der Waals surface area contributed by atoms with E-state index in [0.29, 0.717) is 23.8 Å². The highest BCUT2D eigenvalue weighted by molar-refractivity contribution is 5.95. The van der Waals surface area contributed by atoms with Gasteiger partial charge in [0.2, 0.25) is 0 Å². The van der Waals surface area contributed by atoms with Gasteiger partial charge in [0, 0.05) is 26.6 Å². The Hall–Kier alpha value is -2.83. The van der Waals surface area contributed by atoms with E-state index in [2.05, 4.69) is 5.10 Å². The Morgan fingerprint density at radius 3 is 2.60 bits per heavy atom. The van der Waals surface area contributed by atoms with E-state index < -0.39 is 5.97 Å². The molecule has 0 atom stereocenters. The number of carboxylic acids is 1. The van der Waals surface area contributed by atoms with E-state index in [9.17, 15) is 9.59 Å². The van der Waals surface area contributed by atoms with Gasteiger partial charge in [-0.3, -0.25) is 9.48 Å². The zero-order valence-electron chi connectivity index (χ0n) is 14.3. The van der Waals surface area contributed by atoms with Crippen molar-refractivity contribution in [2.24, 2.45) is 7.05 Å². The van der Waals surface area contributed by atoms with E-state index >= 15 is 0 Å². The van der Waals surface area contributed by atoms with Crippen molar-refractivity contribution in [3.63, 3.8) is 0 Å². The Morgan fingerprint density at radius 2 is 2.00 bits per heavy atom. The van der Waals surface area contributed by atoms with Crippen molar-refractivity contribution in [1.29, 1.82) is 0 Å². The van der Waals surface area contributed by atoms with Crippen molar-refractivity contribution in [3.8, 4) is 5.75 Å². The second-order valence-electron chi connectivity index (χ2n) is 6.33. The number of rotatable bonds is 7. The normalized spacial score (nSPS) is 13.5. The van der Waals surface area contributed by atoms with Crippen molar-refractivity contribution in [3.05, 3.63) is 47.3 Å². The van der Waals surface area contributed by atoms with Gasteiger partial charge in [-0.2, -0.15) is 5.10 Å². The highest BCUT2D eigenvalue weighted by Crippen LogP contribution is 2.41. The second kappa shape index (κ2) is 6.96. The van der Waals surface area contributed by atoms with Crippen LogP contribution in [0, 0.1) is 0 Å². The van der Waals surface area contributed by atoms with Gasteiger partial charge in [0.25, 0.3) is 5.91 Å². The summed E-state index contributed by atoms with van der Waals surface area (Å²) in [5, 5.41) is 12.8. The first kappa shape index (κ1) is 17.0. The molecule has 0 saturated heterocycles. The van der Waals surface area contributed by atoms with Crippen LogP contribution in [0.25, 0.3) is 0 Å². The molecule has 1 N–H and O–H groups in total. The summed E-state index contributed by atoms with van der Waals surface area (Å²) in [6.45, 7) is 0.0831. The maximum atomic E-state index is 12.7. The molecule has 7 heteroatoms. The maximum Gasteiger partial charge on any atom is 0.341 e. The number of hydrogen-bond donors (Lipinski definition) is 1. The van der Waals surface area contributed by atoms with Gasteiger partial charge in [0.15, 0.2) is 6.61 Å². The molecular weight excluding hydrogens is 322 g/mol. The largest absolute Gasteiger partial charge is 0.482 e. The third-order valence-electron chi connectivity index (χ3n) is 4.23. The molecule has 0 spiro atoms. The zero-order chi connectivity index (χ0) is 18.0. The fourth-order valence-corrected chi connectivity index (χ4v) is 2.84. The number of carbonyl (C=O) groups is 2. The van der Waals surface area contributed by atoms with Gasteiger partial charge in [0.05, 0.1) is 17.5 Å². The molecule has 1 aliphatic rings. The number of carbonyl (C=O) groups excluding carboxylic acids is 1. The van der Waals surface area contributed by atoms with Crippen LogP contribution in [0.1, 0.15) is 40.4 Å². The molecule has 132 valence electrons. The molecule has 0 unspecified atom stereocenters. The molecule has 0 radical (unpaired) electrons. The van der Waals surface area contributed by atoms with Crippen LogP contribution in [-0.2, 0) is 18.4 Å². The fraction of sp³-hybridized carbons (Fsp3) is 0.389. The Morgan fingerprint density at radius 1 is 1.32 bits per heavy atom. The summed E-state index contributed by atoms with van der Waals surface area (Å²) < 4.78 is 6.90. The van der Waals surface area contributed by atoms with Crippen LogP contribution < -0.4 is 4.74 Å². The van der Waals surface area contributed by atoms with E-state index in [4.69, 9.17) is 9.84 Å². The van der Waals surface area contributed by atoms with Crippen molar-refractivity contribution >= 4 is 11.9 Å². The summed E-state index contributed by atoms with van der Waals surface area (Å²) in [6, 6.07) is 7.06. The highest BCUT2D eigenvalue weighted by atomic mass is 16.5. The summed E-state index contributed by atoms with van der Waals surface area (Å²) in [6.07, 6.45) is 3.87. The number of benzene rings is 1. The Kier molecular flexibility index (Phi) is 4.74. The summed E-state index contributed by atoms with van der Waals surface area (Å²) in [7, 11) is 3.64. The first-order valence-electron chi connectivity index (χ1n) is 8.16. The van der Waals surface area contributed by atoms with Gasteiger partial charge >= 0.3 is 5.97 Å². The first-order chi connectivity index (χ1) is 12.0. The van der Waals surface area contributed by atoms with Crippen molar-refractivity contribution < 1.29 is 19.4 Å². The number of aliphatic carboxylic acids is 1. The van der Waals surface area contributed by atoms with Gasteiger partial charge in [-0.1, -0.05) is 12.1 Å². The van der Waals surface area contributed by atoms with Crippen molar-refractivity contribution in [2.45, 2.75) is 25.3 Å². The van der Waals surface area contributed by atoms with Crippen molar-refractivity contribution in [1.82, 2.24) is 14.7 Å². The van der Waals surface area contributed by atoms with Crippen LogP contribution in [-0.4, -0.2) is 45.3 Å². The van der Waals surface area contributed by atoms with Crippen LogP contribution in [0.2, 0.25) is 0 Å². The maximum absolute atomic E-state index is 12.7. The minimum Gasteiger partial charge on any atom is -0.482 e. The Labute approximate surface area is 145 Å². The molecule has 25 heavy (non-hydrogen) atoms. The predicted molar refractivity (Wildman–Crippen MR) is 90.6 cm³/mol. The highest BCUT2D eigenvalue weighted by Gasteiger charge is 2.32. The third-order valence-corrected chi connectivity index (χ3v) is 4.23. The number of amides is 1. The number of aryl methyl sites for hydroxylation is 1. The summed E-state index contributed by atoms with van der Waals surface area (Å²) in [4.78, 5) is 24.9. The summed E-state index contributed by atoms with van der Waals surface area (Å²) >= 11 is 0. The topological polar surface area (TPSA) is 84.7 Å². The smallest absolute Gasteiger partial charge is 0.341 e. The van der Waals surface area contributed by atoms with Crippen LogP contribution in [0.3, 0.4) is 0 Å². The molecule has 1 saturated carbocycles. The lowest BCUT2D eigenvalue weighted by Crippen LogP contribution is -2.27. The number of carboxylic acid groups (broad SMARTS) is 1. The lowest BCUT2D eigenvalue weighted by molar-refractivity contribution is -0.139. The zero-order valence-corrected chi connectivity index (χ0v) is 14.3. The van der Waals surface area contributed by atoms with Gasteiger partial charge in [-0.05, 0) is 30.5 Å². The SMILES string of the molecule is CN(Cc1ccc(OCC(=O)O)cc1)C(=O)c1cnn(C)c1C1CC1. The second-order valence-corrected chi connectivity index (χ2v) is 6.33. The Balaban J connectivity index is 1.64. The minimum absolute atomic E-state index is 0.0406. The van der Waals surface area contributed by atoms with E-state index in [1.54, 1.807) is 35.0 Å². The van der Waals surface area contributed by atoms with E-state index in [1.165, 1.54) is 0 Å². The molecule has 1 aliphatic carbocycles. The van der Waals surface area contributed by atoms with Crippen LogP contribution in [0.5, 0.6) is 5.75 Å². The number of hydrogen-bond acceptors (Lipinski definition) is 4. The minimum atomic E-state index is -1.02.